The van der Waals surface area contributed by atoms with E-state index in [0.717, 1.165) is 12.8 Å². The molecule has 5 aliphatic rings. The van der Waals surface area contributed by atoms with E-state index in [1.54, 1.807) is 6.08 Å². The van der Waals surface area contributed by atoms with E-state index < -0.39 is 16.6 Å². The van der Waals surface area contributed by atoms with Gasteiger partial charge in [-0.25, -0.2) is 0 Å². The zero-order chi connectivity index (χ0) is 15.1. The van der Waals surface area contributed by atoms with Crippen molar-refractivity contribution in [2.45, 2.75) is 29.8 Å². The van der Waals surface area contributed by atoms with Gasteiger partial charge in [-0.05, 0) is 18.9 Å². The Morgan fingerprint density at radius 2 is 2.18 bits per heavy atom. The second-order valence-electron chi connectivity index (χ2n) is 6.82. The van der Waals surface area contributed by atoms with E-state index in [0.29, 0.717) is 13.2 Å². The Labute approximate surface area is 138 Å². The molecule has 0 aromatic rings. The van der Waals surface area contributed by atoms with Crippen molar-refractivity contribution in [3.8, 4) is 0 Å². The first-order valence-corrected chi connectivity index (χ1v) is 8.55. The van der Waals surface area contributed by atoms with Gasteiger partial charge in [0, 0.05) is 24.4 Å². The highest BCUT2D eigenvalue weighted by Gasteiger charge is 2.74. The van der Waals surface area contributed by atoms with Crippen molar-refractivity contribution in [2.24, 2.45) is 23.7 Å². The van der Waals surface area contributed by atoms with Gasteiger partial charge in [0.15, 0.2) is 12.1 Å². The van der Waals surface area contributed by atoms with Gasteiger partial charge in [-0.1, -0.05) is 23.8 Å². The lowest BCUT2D eigenvalue weighted by Gasteiger charge is -2.65. The Hall–Kier alpha value is -0.390. The van der Waals surface area contributed by atoms with Gasteiger partial charge in [-0.3, -0.25) is 4.79 Å². The van der Waals surface area contributed by atoms with Gasteiger partial charge in [-0.15, -0.1) is 11.6 Å². The molecule has 2 aliphatic carbocycles. The molecule has 0 amide bonds. The third-order valence-electron chi connectivity index (χ3n) is 5.86. The second kappa shape index (κ2) is 4.37. The molecule has 4 nitrogen and oxygen atoms in total. The van der Waals surface area contributed by atoms with Crippen molar-refractivity contribution < 1.29 is 19.0 Å². The van der Waals surface area contributed by atoms with Gasteiger partial charge in [0.2, 0.25) is 5.79 Å². The molecule has 0 aromatic carbocycles. The van der Waals surface area contributed by atoms with Gasteiger partial charge in [-0.2, -0.15) is 0 Å². The molecule has 0 N–H and O–H groups in total. The molecule has 3 heterocycles. The summed E-state index contributed by atoms with van der Waals surface area (Å²) in [7, 11) is 0. The first-order valence-electron chi connectivity index (χ1n) is 7.80. The third-order valence-corrected chi connectivity index (χ3v) is 6.90. The number of carbonyl (C=O) groups is 1. The number of allylic oxidation sites excluding steroid dienone is 2. The minimum Gasteiger partial charge on any atom is -0.352 e. The number of rotatable bonds is 0. The lowest BCUT2D eigenvalue weighted by atomic mass is 9.56. The van der Waals surface area contributed by atoms with Gasteiger partial charge in [0.1, 0.15) is 4.87 Å². The third kappa shape index (κ3) is 1.44. The van der Waals surface area contributed by atoms with E-state index in [9.17, 15) is 4.79 Å². The number of alkyl halides is 1. The highest BCUT2D eigenvalue weighted by atomic mass is 35.5. The fourth-order valence-electron chi connectivity index (χ4n) is 4.92. The summed E-state index contributed by atoms with van der Waals surface area (Å²) >= 11 is 13.3. The largest absolute Gasteiger partial charge is 0.352 e. The SMILES string of the molecule is O=C1C(Cl)=C[C@@]23OC[C@H]4C=CC(C5CCCO[C@@H]5O2)[C@]3(Cl)[C@@H]14. The Morgan fingerprint density at radius 1 is 1.32 bits per heavy atom. The highest BCUT2D eigenvalue weighted by molar-refractivity contribution is 6.44. The average molecular weight is 343 g/mol. The summed E-state index contributed by atoms with van der Waals surface area (Å²) in [5.74, 6) is -1.55. The van der Waals surface area contributed by atoms with Gasteiger partial charge in [0.25, 0.3) is 0 Å². The van der Waals surface area contributed by atoms with E-state index in [1.807, 2.05) is 0 Å². The van der Waals surface area contributed by atoms with Crippen LogP contribution in [0.2, 0.25) is 0 Å². The van der Waals surface area contributed by atoms with Crippen molar-refractivity contribution in [2.75, 3.05) is 13.2 Å². The van der Waals surface area contributed by atoms with Crippen LogP contribution in [-0.4, -0.2) is 35.9 Å². The molecule has 5 rings (SSSR count). The minimum atomic E-state index is -1.17. The van der Waals surface area contributed by atoms with Crippen LogP contribution < -0.4 is 0 Å². The molecule has 3 aliphatic heterocycles. The van der Waals surface area contributed by atoms with Gasteiger partial charge < -0.3 is 14.2 Å². The molecule has 3 saturated heterocycles. The first-order chi connectivity index (χ1) is 10.6. The lowest BCUT2D eigenvalue weighted by Crippen LogP contribution is -2.76. The van der Waals surface area contributed by atoms with Crippen molar-refractivity contribution in [1.82, 2.24) is 0 Å². The molecule has 0 saturated carbocycles. The number of hydrogen-bond donors (Lipinski definition) is 0. The molecule has 6 heteroatoms. The van der Waals surface area contributed by atoms with Gasteiger partial charge in [0.05, 0.1) is 17.6 Å². The van der Waals surface area contributed by atoms with Crippen molar-refractivity contribution in [1.29, 1.82) is 0 Å². The molecule has 2 unspecified atom stereocenters. The smallest absolute Gasteiger partial charge is 0.213 e. The maximum atomic E-state index is 12.7. The van der Waals surface area contributed by atoms with Crippen LogP contribution in [0.4, 0.5) is 0 Å². The molecule has 0 aromatic heterocycles. The number of ether oxygens (including phenoxy) is 3. The highest BCUT2D eigenvalue weighted by Crippen LogP contribution is 2.64. The molecule has 118 valence electrons. The lowest BCUT2D eigenvalue weighted by molar-refractivity contribution is -0.378. The summed E-state index contributed by atoms with van der Waals surface area (Å²) in [5, 5.41) is 0.161. The molecule has 7 atom stereocenters. The van der Waals surface area contributed by atoms with Crippen LogP contribution in [-0.2, 0) is 19.0 Å². The number of Topliss-reactive ketones (excluding diaryl/α,β-unsaturated/α-hetero) is 1. The second-order valence-corrected chi connectivity index (χ2v) is 7.85. The quantitative estimate of drug-likeness (QED) is 0.501. The number of carbonyl (C=O) groups excluding carboxylic acids is 1. The fraction of sp³-hybridized carbons (Fsp3) is 0.688. The monoisotopic (exact) mass is 342 g/mol. The first kappa shape index (κ1) is 14.0. The van der Waals surface area contributed by atoms with E-state index in [2.05, 4.69) is 12.2 Å². The summed E-state index contributed by atoms with van der Waals surface area (Å²) in [6.45, 7) is 1.08. The van der Waals surface area contributed by atoms with Crippen LogP contribution in [0.5, 0.6) is 0 Å². The summed E-state index contributed by atoms with van der Waals surface area (Å²) in [4.78, 5) is 11.8. The predicted octanol–water partition coefficient (Wildman–Crippen LogP) is 2.60. The van der Waals surface area contributed by atoms with E-state index in [1.165, 1.54) is 0 Å². The zero-order valence-electron chi connectivity index (χ0n) is 11.8. The molecule has 4 bridgehead atoms. The van der Waals surface area contributed by atoms with Gasteiger partial charge >= 0.3 is 0 Å². The van der Waals surface area contributed by atoms with Crippen LogP contribution in [0.1, 0.15) is 12.8 Å². The summed E-state index contributed by atoms with van der Waals surface area (Å²) < 4.78 is 18.1. The topological polar surface area (TPSA) is 44.8 Å². The molecular formula is C16H16Cl2O4. The van der Waals surface area contributed by atoms with Crippen LogP contribution in [0.25, 0.3) is 0 Å². The molecule has 22 heavy (non-hydrogen) atoms. The van der Waals surface area contributed by atoms with E-state index in [-0.39, 0.29) is 34.9 Å². The normalized spacial score (nSPS) is 55.5. The number of hydrogen-bond acceptors (Lipinski definition) is 4. The molecule has 0 radical (unpaired) electrons. The number of fused-ring (bicyclic) bond motifs is 2. The van der Waals surface area contributed by atoms with Crippen LogP contribution in [0.15, 0.2) is 23.3 Å². The van der Waals surface area contributed by atoms with Crippen LogP contribution in [0, 0.1) is 23.7 Å². The van der Waals surface area contributed by atoms with Crippen molar-refractivity contribution in [3.05, 3.63) is 23.3 Å². The number of halogens is 2. The molecular weight excluding hydrogens is 327 g/mol. The minimum absolute atomic E-state index is 0.0141. The van der Waals surface area contributed by atoms with E-state index >= 15 is 0 Å². The van der Waals surface area contributed by atoms with E-state index in [4.69, 9.17) is 37.4 Å². The summed E-state index contributed by atoms with van der Waals surface area (Å²) in [5.41, 5.74) is 0. The Morgan fingerprint density at radius 3 is 3.05 bits per heavy atom. The Balaban J connectivity index is 1.75. The summed E-state index contributed by atoms with van der Waals surface area (Å²) in [6.07, 6.45) is 7.39. The summed E-state index contributed by atoms with van der Waals surface area (Å²) in [6, 6.07) is 0. The van der Waals surface area contributed by atoms with Crippen LogP contribution in [0.3, 0.4) is 0 Å². The average Bonchev–Trinajstić information content (AvgIpc) is 2.50. The molecule has 0 spiro atoms. The zero-order valence-corrected chi connectivity index (χ0v) is 13.3. The van der Waals surface area contributed by atoms with Crippen molar-refractivity contribution in [3.63, 3.8) is 0 Å². The maximum Gasteiger partial charge on any atom is 0.213 e. The molecule has 3 fully saturated rings. The maximum absolute atomic E-state index is 12.7. The van der Waals surface area contributed by atoms with Crippen molar-refractivity contribution >= 4 is 29.0 Å². The number of ketones is 1. The fourth-order valence-corrected chi connectivity index (χ4v) is 5.83. The predicted molar refractivity (Wildman–Crippen MR) is 79.4 cm³/mol. The standard InChI is InChI=1S/C16H16Cl2O4/c17-11-6-15-16(18)10(9-2-1-5-20-14(9)22-15)4-3-8(7-21-15)12(16)13(11)19/h3-4,6,8-10,12,14H,1-2,5,7H2/t8-,9?,10?,12-,14-,15-,16+/m1/s1. The Kier molecular flexibility index (Phi) is 2.78. The van der Waals surface area contributed by atoms with Crippen LogP contribution >= 0.6 is 23.2 Å². The Bertz CT molecular complexity index is 617.